The zero-order chi connectivity index (χ0) is 19.8. The number of aryl methyl sites for hydroxylation is 1. The van der Waals surface area contributed by atoms with Gasteiger partial charge in [0.1, 0.15) is 5.75 Å². The Labute approximate surface area is 165 Å². The Kier molecular flexibility index (Phi) is 6.68. The monoisotopic (exact) mass is 378 g/mol. The molecule has 0 spiro atoms. The van der Waals surface area contributed by atoms with E-state index >= 15 is 0 Å². The summed E-state index contributed by atoms with van der Waals surface area (Å²) >= 11 is 0. The van der Waals surface area contributed by atoms with Gasteiger partial charge in [0.25, 0.3) is 0 Å². The smallest absolute Gasteiger partial charge is 0.214 e. The van der Waals surface area contributed by atoms with Gasteiger partial charge in [0.2, 0.25) is 5.89 Å². The second kappa shape index (κ2) is 9.60. The van der Waals surface area contributed by atoms with Crippen LogP contribution in [0, 0.1) is 6.92 Å². The summed E-state index contributed by atoms with van der Waals surface area (Å²) in [6, 6.07) is 16.1. The van der Waals surface area contributed by atoms with E-state index in [0.29, 0.717) is 24.9 Å². The molecule has 2 N–H and O–H groups in total. The normalized spacial score (nSPS) is 11.3. The van der Waals surface area contributed by atoms with E-state index in [1.807, 2.05) is 43.3 Å². The molecule has 0 aliphatic heterocycles. The number of nitrogens with zero attached hydrogens (tertiary/aromatic N) is 2. The molecule has 6 heteroatoms. The van der Waals surface area contributed by atoms with Crippen molar-refractivity contribution < 1.29 is 9.15 Å². The predicted molar refractivity (Wildman–Crippen MR) is 111 cm³/mol. The van der Waals surface area contributed by atoms with Crippen molar-refractivity contribution in [3.05, 3.63) is 71.7 Å². The molecule has 0 aliphatic rings. The molecule has 3 aromatic rings. The average molecular weight is 378 g/mol. The van der Waals surface area contributed by atoms with Crippen LogP contribution < -0.4 is 15.4 Å². The summed E-state index contributed by atoms with van der Waals surface area (Å²) in [5.41, 5.74) is 3.26. The Morgan fingerprint density at radius 2 is 1.89 bits per heavy atom. The largest absolute Gasteiger partial charge is 0.496 e. The molecule has 0 bridgehead atoms. The Morgan fingerprint density at radius 3 is 2.64 bits per heavy atom. The number of aromatic nitrogens is 1. The number of ether oxygens (including phenoxy) is 1. The van der Waals surface area contributed by atoms with Crippen molar-refractivity contribution in [2.75, 3.05) is 13.7 Å². The average Bonchev–Trinajstić information content (AvgIpc) is 3.20. The zero-order valence-electron chi connectivity index (χ0n) is 16.5. The van der Waals surface area contributed by atoms with Gasteiger partial charge in [-0.1, -0.05) is 48.0 Å². The van der Waals surface area contributed by atoms with Gasteiger partial charge in [-0.05, 0) is 19.9 Å². The number of methoxy groups -OCH3 is 1. The van der Waals surface area contributed by atoms with Gasteiger partial charge in [0.05, 0.1) is 26.4 Å². The third-order valence-corrected chi connectivity index (χ3v) is 4.24. The highest BCUT2D eigenvalue weighted by molar-refractivity contribution is 5.79. The number of hydrogen-bond donors (Lipinski definition) is 2. The highest BCUT2D eigenvalue weighted by Crippen LogP contribution is 2.21. The lowest BCUT2D eigenvalue weighted by molar-refractivity contribution is 0.410. The van der Waals surface area contributed by atoms with Crippen molar-refractivity contribution in [2.45, 2.75) is 26.9 Å². The zero-order valence-corrected chi connectivity index (χ0v) is 16.5. The van der Waals surface area contributed by atoms with Gasteiger partial charge < -0.3 is 19.8 Å². The minimum atomic E-state index is 0.448. The van der Waals surface area contributed by atoms with Gasteiger partial charge in [-0.15, -0.1) is 0 Å². The minimum absolute atomic E-state index is 0.448. The van der Waals surface area contributed by atoms with Gasteiger partial charge >= 0.3 is 0 Å². The molecule has 0 atom stereocenters. The molecule has 2 aromatic carbocycles. The molecular weight excluding hydrogens is 352 g/mol. The van der Waals surface area contributed by atoms with Crippen LogP contribution in [0.2, 0.25) is 0 Å². The molecule has 0 aliphatic carbocycles. The van der Waals surface area contributed by atoms with E-state index in [4.69, 9.17) is 9.15 Å². The van der Waals surface area contributed by atoms with E-state index in [9.17, 15) is 0 Å². The Balaban J connectivity index is 1.64. The maximum Gasteiger partial charge on any atom is 0.214 e. The van der Waals surface area contributed by atoms with Crippen LogP contribution >= 0.6 is 0 Å². The van der Waals surface area contributed by atoms with E-state index in [1.165, 1.54) is 5.56 Å². The standard InChI is InChI=1S/C22H26N4O2/c1-4-23-22(25-13-18-7-5-6-8-19(18)27-3)26-15-21-24-14-20(28-21)17-11-9-16(2)10-12-17/h5-12,14H,4,13,15H2,1-3H3,(H2,23,25,26). The molecule has 0 fully saturated rings. The maximum atomic E-state index is 5.86. The summed E-state index contributed by atoms with van der Waals surface area (Å²) in [7, 11) is 1.67. The third-order valence-electron chi connectivity index (χ3n) is 4.24. The number of para-hydroxylation sites is 1. The van der Waals surface area contributed by atoms with E-state index < -0.39 is 0 Å². The van der Waals surface area contributed by atoms with Crippen molar-refractivity contribution in [1.82, 2.24) is 15.6 Å². The highest BCUT2D eigenvalue weighted by Gasteiger charge is 2.08. The first kappa shape index (κ1) is 19.5. The number of aliphatic imine (C=N–C) groups is 1. The number of nitrogens with one attached hydrogen (secondary N) is 2. The van der Waals surface area contributed by atoms with Gasteiger partial charge in [-0.3, -0.25) is 0 Å². The first-order valence-electron chi connectivity index (χ1n) is 9.35. The quantitative estimate of drug-likeness (QED) is 0.482. The SMILES string of the molecule is CCNC(=NCc1ccccc1OC)NCc1ncc(-c2ccc(C)cc2)o1. The molecule has 0 saturated carbocycles. The number of guanidine groups is 1. The molecule has 3 rings (SSSR count). The van der Waals surface area contributed by atoms with Gasteiger partial charge in [0, 0.05) is 17.7 Å². The summed E-state index contributed by atoms with van der Waals surface area (Å²) in [4.78, 5) is 8.99. The van der Waals surface area contributed by atoms with Crippen LogP contribution in [-0.2, 0) is 13.1 Å². The molecule has 146 valence electrons. The van der Waals surface area contributed by atoms with E-state index in [1.54, 1.807) is 13.3 Å². The predicted octanol–water partition coefficient (Wildman–Crippen LogP) is 3.91. The molecule has 0 radical (unpaired) electrons. The molecule has 0 unspecified atom stereocenters. The second-order valence-corrected chi connectivity index (χ2v) is 6.34. The Hall–Kier alpha value is -3.28. The number of benzene rings is 2. The molecular formula is C22H26N4O2. The van der Waals surface area contributed by atoms with Crippen LogP contribution in [0.25, 0.3) is 11.3 Å². The van der Waals surface area contributed by atoms with Crippen molar-refractivity contribution in [2.24, 2.45) is 4.99 Å². The molecule has 1 aromatic heterocycles. The lowest BCUT2D eigenvalue weighted by atomic mass is 10.1. The van der Waals surface area contributed by atoms with Gasteiger partial charge in [0.15, 0.2) is 11.7 Å². The van der Waals surface area contributed by atoms with Crippen LogP contribution in [0.15, 0.2) is 64.1 Å². The number of rotatable bonds is 7. The molecule has 6 nitrogen and oxygen atoms in total. The Morgan fingerprint density at radius 1 is 1.11 bits per heavy atom. The lowest BCUT2D eigenvalue weighted by Crippen LogP contribution is -2.36. The van der Waals surface area contributed by atoms with Crippen molar-refractivity contribution in [3.8, 4) is 17.1 Å². The van der Waals surface area contributed by atoms with Crippen LogP contribution in [-0.4, -0.2) is 24.6 Å². The fourth-order valence-corrected chi connectivity index (χ4v) is 2.74. The topological polar surface area (TPSA) is 71.7 Å². The van der Waals surface area contributed by atoms with E-state index in [-0.39, 0.29) is 0 Å². The first-order valence-corrected chi connectivity index (χ1v) is 9.35. The van der Waals surface area contributed by atoms with Gasteiger partial charge in [-0.25, -0.2) is 9.98 Å². The third kappa shape index (κ3) is 5.13. The molecule has 0 saturated heterocycles. The van der Waals surface area contributed by atoms with Crippen LogP contribution in [0.4, 0.5) is 0 Å². The molecule has 1 heterocycles. The van der Waals surface area contributed by atoms with E-state index in [2.05, 4.69) is 39.7 Å². The summed E-state index contributed by atoms with van der Waals surface area (Å²) in [6.45, 7) is 5.81. The van der Waals surface area contributed by atoms with Crippen LogP contribution in [0.3, 0.4) is 0 Å². The fourth-order valence-electron chi connectivity index (χ4n) is 2.74. The fraction of sp³-hybridized carbons (Fsp3) is 0.273. The number of hydrogen-bond acceptors (Lipinski definition) is 4. The first-order chi connectivity index (χ1) is 13.7. The van der Waals surface area contributed by atoms with Crippen LogP contribution in [0.1, 0.15) is 23.9 Å². The van der Waals surface area contributed by atoms with Crippen molar-refractivity contribution in [3.63, 3.8) is 0 Å². The van der Waals surface area contributed by atoms with Gasteiger partial charge in [-0.2, -0.15) is 0 Å². The Bertz CT molecular complexity index is 916. The van der Waals surface area contributed by atoms with E-state index in [0.717, 1.165) is 29.2 Å². The number of oxazole rings is 1. The van der Waals surface area contributed by atoms with Crippen LogP contribution in [0.5, 0.6) is 5.75 Å². The van der Waals surface area contributed by atoms with Crippen molar-refractivity contribution in [1.29, 1.82) is 0 Å². The summed E-state index contributed by atoms with van der Waals surface area (Å²) in [5, 5.41) is 6.49. The summed E-state index contributed by atoms with van der Waals surface area (Å²) < 4.78 is 11.2. The summed E-state index contributed by atoms with van der Waals surface area (Å²) in [5.74, 6) is 2.90. The molecule has 0 amide bonds. The highest BCUT2D eigenvalue weighted by atomic mass is 16.5. The lowest BCUT2D eigenvalue weighted by Gasteiger charge is -2.11. The van der Waals surface area contributed by atoms with Crippen molar-refractivity contribution >= 4 is 5.96 Å². The summed E-state index contributed by atoms with van der Waals surface area (Å²) in [6.07, 6.45) is 1.75. The minimum Gasteiger partial charge on any atom is -0.496 e. The second-order valence-electron chi connectivity index (χ2n) is 6.34. The maximum absolute atomic E-state index is 5.86. The molecule has 28 heavy (non-hydrogen) atoms.